The standard InChI is InChI=1S/C21H21FN6.C20H18Cl2N6.C20H19ClN6.C20H20N6.C18H20N4O3S/c1-13-3-2-10-28(13)12-19-23-21(27-25-19)15-6-9-18-17(11-15)20(26-24-18)14-4-7-16(22)8-5-14;21-15-5-3-12(10-16(15)22)19-14-9-13(4-6-17(14)24-26-19)20-23-18(25-27-20)11-28-7-1-2-8-28;21-15-6-3-13(4-7-15)19-16-11-14(5-8-17(16)23-25-19)20-22-18(24-26-20)12-27-9-1-2-10-27;1-2-6-14(7-3-1)19-16-12-15(8-9-17(16)22-24-19)20-21-18(23-25-20)13-26-10-4-5-11-26;1-2-3-9-26(24,25)22-14-6-4-5-12(10-14)17-15-11-13(18(19)23)7-8-16(15)20-21-17/h4-9,11,13H,2-3,10,12H2,1H3,(H,24,26)(H,23,25,27);3-6,9-10H,1-2,7-8,11H2,(H,24,26)(H,23,25,27);3-8,11H,1-2,9-10,12H2,(H,23,25)(H,22,24,26);1-3,6-9,12H,4-5,10-11,13H2,(H,22,24)(H,21,23,25);4-8,10-11,22H,2-3,9H2,1H3,(H2,19,23)(H,20,21). The number of nitrogens with two attached hydrogens (primary N) is 1. The van der Waals surface area contributed by atoms with Crippen LogP contribution in [-0.2, 0) is 36.2 Å². The Morgan fingerprint density at radius 1 is 0.393 bits per heavy atom. The minimum absolute atomic E-state index is 0.0844. The lowest BCUT2D eigenvalue weighted by Gasteiger charge is -2.18. The number of nitrogens with one attached hydrogen (secondary N) is 10. The van der Waals surface area contributed by atoms with Crippen LogP contribution in [0.3, 0.4) is 0 Å². The van der Waals surface area contributed by atoms with Gasteiger partial charge in [0.1, 0.15) is 29.1 Å². The number of likely N-dealkylation sites (tertiary alicyclic amines) is 4. The number of rotatable bonds is 23. The first-order valence-corrected chi connectivity index (χ1v) is 48.1. The number of hydrogen-bond acceptors (Lipinski definition) is 20. The third-order valence-corrected chi connectivity index (χ3v) is 27.0. The molecule has 13 heterocycles. The molecule has 31 nitrogen and oxygen atoms in total. The molecule has 4 aliphatic heterocycles. The SMILES string of the molecule is CC1CCCN1Cc1nc(-c2ccc3[nH]nc(-c4ccc(F)cc4)c3c2)n[nH]1.CCCCS(=O)(=O)Nc1cccc(-c2n[nH]c3ccc(C(N)=O)cc23)c1.Clc1ccc(-c2n[nH]c3ccc(-c4n[nH]c(CN5CCCC5)n4)cc23)cc1.Clc1ccc(-c2n[nH]c3ccc(-c4n[nH]c(CN5CCCC5)n4)cc23)cc1Cl.c1ccc(-c2n[nH]c3ccc(-c4n[nH]c(CN5CCCC5)n4)cc23)cc1. The molecule has 10 aromatic carbocycles. The number of unbranched alkanes of at least 4 members (excludes halogenated alkanes) is 1. The molecule has 4 fully saturated rings. The zero-order chi connectivity index (χ0) is 92.5. The van der Waals surface area contributed by atoms with Gasteiger partial charge < -0.3 is 5.73 Å². The molecule has 1 amide bonds. The van der Waals surface area contributed by atoms with E-state index < -0.39 is 15.9 Å². The quantitative estimate of drug-likeness (QED) is 0.0283. The average molecular weight is 1890 g/mol. The number of aromatic amines is 9. The highest BCUT2D eigenvalue weighted by atomic mass is 35.5. The fraction of sp³-hybridized carbons (Fsp3) is 0.253. The maximum atomic E-state index is 13.2. The van der Waals surface area contributed by atoms with E-state index in [0.29, 0.717) is 61.9 Å². The van der Waals surface area contributed by atoms with Crippen molar-refractivity contribution in [3.8, 4) is 102 Å². The second-order valence-corrected chi connectivity index (χ2v) is 37.3. The van der Waals surface area contributed by atoms with Crippen molar-refractivity contribution in [1.82, 2.24) is 131 Å². The van der Waals surface area contributed by atoms with Gasteiger partial charge in [-0.05, 0) is 262 Å². The van der Waals surface area contributed by atoms with Crippen molar-refractivity contribution in [3.63, 3.8) is 0 Å². The van der Waals surface area contributed by atoms with E-state index >= 15 is 0 Å². The molecular formula is C99H98Cl3FN28O3S. The van der Waals surface area contributed by atoms with Gasteiger partial charge in [0, 0.05) is 99.3 Å². The van der Waals surface area contributed by atoms with E-state index in [0.717, 1.165) is 235 Å². The van der Waals surface area contributed by atoms with Gasteiger partial charge in [0.15, 0.2) is 23.3 Å². The van der Waals surface area contributed by atoms with E-state index in [1.165, 1.54) is 63.5 Å². The van der Waals surface area contributed by atoms with E-state index in [1.807, 2.05) is 122 Å². The Hall–Kier alpha value is -14.0. The van der Waals surface area contributed by atoms with Crippen molar-refractivity contribution < 1.29 is 17.6 Å². The second kappa shape index (κ2) is 40.8. The molecule has 19 aromatic rings. The molecule has 4 saturated heterocycles. The van der Waals surface area contributed by atoms with Crippen molar-refractivity contribution in [3.05, 3.63) is 262 Å². The number of benzene rings is 10. The van der Waals surface area contributed by atoms with Crippen LogP contribution in [-0.4, -0.2) is 203 Å². The van der Waals surface area contributed by atoms with Crippen LogP contribution < -0.4 is 10.5 Å². The van der Waals surface area contributed by atoms with Crippen LogP contribution in [0.5, 0.6) is 0 Å². The molecule has 686 valence electrons. The van der Waals surface area contributed by atoms with Crippen molar-refractivity contribution in [2.24, 2.45) is 5.73 Å². The summed E-state index contributed by atoms with van der Waals surface area (Å²) in [4.78, 5) is 39.8. The number of fused-ring (bicyclic) bond motifs is 5. The van der Waals surface area contributed by atoms with Gasteiger partial charge in [-0.25, -0.2) is 32.7 Å². The molecule has 0 aliphatic carbocycles. The van der Waals surface area contributed by atoms with Gasteiger partial charge in [-0.2, -0.15) is 45.9 Å². The van der Waals surface area contributed by atoms with Crippen LogP contribution in [0.15, 0.2) is 212 Å². The highest BCUT2D eigenvalue weighted by Gasteiger charge is 2.26. The third kappa shape index (κ3) is 21.3. The number of nitrogens with zero attached hydrogens (tertiary/aromatic N) is 17. The molecule has 0 spiro atoms. The number of carbonyl (C=O) groups is 1. The van der Waals surface area contributed by atoms with Gasteiger partial charge in [-0.15, -0.1) is 0 Å². The van der Waals surface area contributed by atoms with E-state index in [-0.39, 0.29) is 11.6 Å². The van der Waals surface area contributed by atoms with Crippen molar-refractivity contribution in [2.75, 3.05) is 56.3 Å². The molecule has 1 unspecified atom stereocenters. The zero-order valence-electron chi connectivity index (χ0n) is 74.2. The fourth-order valence-corrected chi connectivity index (χ4v) is 19.2. The highest BCUT2D eigenvalue weighted by molar-refractivity contribution is 7.92. The monoisotopic (exact) mass is 1880 g/mol. The molecular weight excluding hydrogens is 1790 g/mol. The Morgan fingerprint density at radius 2 is 0.763 bits per heavy atom. The fourth-order valence-electron chi connectivity index (χ4n) is 17.5. The molecule has 0 radical (unpaired) electrons. The maximum absolute atomic E-state index is 13.2. The number of anilines is 1. The summed E-state index contributed by atoms with van der Waals surface area (Å²) in [5, 5.41) is 73.9. The lowest BCUT2D eigenvalue weighted by Crippen LogP contribution is -2.26. The number of hydrogen-bond donors (Lipinski definition) is 11. The van der Waals surface area contributed by atoms with E-state index in [9.17, 15) is 17.6 Å². The van der Waals surface area contributed by atoms with Crippen LogP contribution in [0.2, 0.25) is 15.1 Å². The lowest BCUT2D eigenvalue weighted by atomic mass is 10.0. The number of carbonyl (C=O) groups excluding carboxylic acids is 1. The second-order valence-electron chi connectivity index (χ2n) is 34.2. The smallest absolute Gasteiger partial charge is 0.248 e. The summed E-state index contributed by atoms with van der Waals surface area (Å²) < 4.78 is 40.1. The lowest BCUT2D eigenvalue weighted by molar-refractivity contribution is 0.1000. The van der Waals surface area contributed by atoms with Crippen LogP contribution in [0.1, 0.15) is 112 Å². The Morgan fingerprint density at radius 3 is 1.17 bits per heavy atom. The Bertz CT molecular complexity index is 7470. The first kappa shape index (κ1) is 90.2. The van der Waals surface area contributed by atoms with Gasteiger partial charge in [0.2, 0.25) is 15.9 Å². The summed E-state index contributed by atoms with van der Waals surface area (Å²) in [5.41, 5.74) is 23.4. The predicted molar refractivity (Wildman–Crippen MR) is 528 cm³/mol. The molecule has 1 atom stereocenters. The molecule has 4 aliphatic rings. The Kier molecular flexibility index (Phi) is 27.3. The number of halogens is 4. The first-order valence-electron chi connectivity index (χ1n) is 45.3. The van der Waals surface area contributed by atoms with Crippen LogP contribution in [0.25, 0.3) is 156 Å². The van der Waals surface area contributed by atoms with Crippen LogP contribution >= 0.6 is 34.8 Å². The van der Waals surface area contributed by atoms with E-state index in [2.05, 4.69) is 158 Å². The van der Waals surface area contributed by atoms with Crippen molar-refractivity contribution >= 4 is 111 Å². The number of amides is 1. The summed E-state index contributed by atoms with van der Waals surface area (Å²) in [6.07, 6.45) is 11.5. The number of aromatic nitrogens is 22. The summed E-state index contributed by atoms with van der Waals surface area (Å²) in [6.45, 7) is 15.4. The zero-order valence-corrected chi connectivity index (χ0v) is 77.3. The molecule has 12 N–H and O–H groups in total. The number of primary amides is 1. The predicted octanol–water partition coefficient (Wildman–Crippen LogP) is 19.8. The molecule has 23 rings (SSSR count). The molecule has 0 bridgehead atoms. The minimum atomic E-state index is -3.38. The first-order chi connectivity index (χ1) is 65.9. The van der Waals surface area contributed by atoms with Crippen LogP contribution in [0, 0.1) is 5.82 Å². The summed E-state index contributed by atoms with van der Waals surface area (Å²) >= 11 is 18.2. The molecule has 135 heavy (non-hydrogen) atoms. The number of H-pyrrole nitrogens is 9. The molecule has 9 aromatic heterocycles. The van der Waals surface area contributed by atoms with Crippen LogP contribution in [0.4, 0.5) is 10.1 Å². The summed E-state index contributed by atoms with van der Waals surface area (Å²) in [7, 11) is -3.38. The van der Waals surface area contributed by atoms with Crippen molar-refractivity contribution in [2.45, 2.75) is 110 Å². The summed E-state index contributed by atoms with van der Waals surface area (Å²) in [5.74, 6) is 5.75. The van der Waals surface area contributed by atoms with E-state index in [4.69, 9.17) is 55.5 Å². The molecule has 36 heteroatoms. The maximum Gasteiger partial charge on any atom is 0.248 e. The van der Waals surface area contributed by atoms with Gasteiger partial charge in [-0.1, -0.05) is 109 Å². The topological polar surface area (TPSA) is 412 Å². The van der Waals surface area contributed by atoms with Gasteiger partial charge in [-0.3, -0.25) is 75.0 Å². The van der Waals surface area contributed by atoms with Gasteiger partial charge in [0.05, 0.1) is 98.0 Å². The molecule has 0 saturated carbocycles. The van der Waals surface area contributed by atoms with E-state index in [1.54, 1.807) is 54.6 Å². The summed E-state index contributed by atoms with van der Waals surface area (Å²) in [6, 6.07) is 66.8. The van der Waals surface area contributed by atoms with Crippen molar-refractivity contribution in [1.29, 1.82) is 0 Å². The minimum Gasteiger partial charge on any atom is -0.366 e. The van der Waals surface area contributed by atoms with Gasteiger partial charge in [0.25, 0.3) is 0 Å². The highest BCUT2D eigenvalue weighted by Crippen LogP contribution is 2.38. The average Bonchev–Trinajstić information content (AvgIpc) is 1.67. The third-order valence-electron chi connectivity index (χ3n) is 24.7. The Labute approximate surface area is 790 Å². The number of sulfonamides is 1. The Balaban J connectivity index is 0.000000108. The normalized spacial score (nSPS) is 14.9. The largest absolute Gasteiger partial charge is 0.366 e. The van der Waals surface area contributed by atoms with Gasteiger partial charge >= 0.3 is 0 Å².